The number of carboxylic acids is 1. The number of rotatable bonds is 7. The monoisotopic (exact) mass is 446 g/mol. The molecule has 1 N–H and O–H groups in total. The Morgan fingerprint density at radius 3 is 2.75 bits per heavy atom. The van der Waals surface area contributed by atoms with Crippen LogP contribution in [0, 0.1) is 11.2 Å². The standard InChI is InChI=1S/C23H27FN2O6/c1-23(2)7-6-12-13-10-15(32-9-5-8-30-3)21(31-4)25-17(13)18-16(24)19(27)14(22(28)29)11-26(18)20(12)23/h10-12,20H,5-9H2,1-4H3,(H,28,29). The van der Waals surface area contributed by atoms with Crippen LogP contribution < -0.4 is 14.9 Å². The molecule has 4 rings (SSSR count). The normalized spacial score (nSPS) is 20.3. The molecule has 32 heavy (non-hydrogen) atoms. The molecule has 8 nitrogen and oxygen atoms in total. The fraction of sp³-hybridized carbons (Fsp3) is 0.522. The summed E-state index contributed by atoms with van der Waals surface area (Å²) < 4.78 is 33.3. The summed E-state index contributed by atoms with van der Waals surface area (Å²) in [6.07, 6.45) is 3.62. The van der Waals surface area contributed by atoms with Gasteiger partial charge in [0.05, 0.1) is 19.4 Å². The van der Waals surface area contributed by atoms with Gasteiger partial charge in [0.2, 0.25) is 5.43 Å². The highest BCUT2D eigenvalue weighted by Crippen LogP contribution is 2.59. The molecule has 0 amide bonds. The lowest BCUT2D eigenvalue weighted by Gasteiger charge is -2.39. The van der Waals surface area contributed by atoms with Crippen molar-refractivity contribution in [1.29, 1.82) is 0 Å². The summed E-state index contributed by atoms with van der Waals surface area (Å²) in [6, 6.07) is 1.60. The molecular formula is C23H27FN2O6. The molecule has 1 saturated carbocycles. The minimum absolute atomic E-state index is 0.00421. The van der Waals surface area contributed by atoms with Gasteiger partial charge in [-0.25, -0.2) is 14.2 Å². The lowest BCUT2D eigenvalue weighted by Crippen LogP contribution is -2.34. The summed E-state index contributed by atoms with van der Waals surface area (Å²) in [6.45, 7) is 5.09. The maximum atomic E-state index is 15.4. The first-order valence-electron chi connectivity index (χ1n) is 10.6. The SMILES string of the molecule is COCCCOc1cc2c(nc1OC)-c1c(F)c(=O)c(C(=O)O)cn1C1C2CCC1(C)C. The Kier molecular flexibility index (Phi) is 5.70. The topological polar surface area (TPSA) is 99.9 Å². The number of fused-ring (bicyclic) bond motifs is 6. The minimum atomic E-state index is -1.45. The number of halogens is 1. The van der Waals surface area contributed by atoms with Crippen molar-refractivity contribution in [3.05, 3.63) is 39.4 Å². The average Bonchev–Trinajstić information content (AvgIpc) is 3.08. The molecule has 0 saturated heterocycles. The molecule has 2 unspecified atom stereocenters. The van der Waals surface area contributed by atoms with Gasteiger partial charge in [-0.05, 0) is 29.9 Å². The van der Waals surface area contributed by atoms with Crippen LogP contribution in [0.5, 0.6) is 11.6 Å². The Morgan fingerprint density at radius 1 is 1.34 bits per heavy atom. The number of methoxy groups -OCH3 is 2. The van der Waals surface area contributed by atoms with E-state index in [9.17, 15) is 14.7 Å². The number of carbonyl (C=O) groups is 1. The van der Waals surface area contributed by atoms with E-state index in [1.54, 1.807) is 11.7 Å². The molecular weight excluding hydrogens is 419 g/mol. The van der Waals surface area contributed by atoms with Gasteiger partial charge in [0.1, 0.15) is 11.3 Å². The third-order valence-electron chi connectivity index (χ3n) is 6.54. The van der Waals surface area contributed by atoms with E-state index >= 15 is 4.39 Å². The first kappa shape index (κ1) is 22.3. The third kappa shape index (κ3) is 3.44. The zero-order valence-electron chi connectivity index (χ0n) is 18.6. The Bertz CT molecular complexity index is 1130. The summed E-state index contributed by atoms with van der Waals surface area (Å²) in [5.41, 5.74) is -0.907. The number of nitrogens with zero attached hydrogens (tertiary/aromatic N) is 2. The number of hydrogen-bond donors (Lipinski definition) is 1. The van der Waals surface area contributed by atoms with Gasteiger partial charge in [0, 0.05) is 38.3 Å². The third-order valence-corrected chi connectivity index (χ3v) is 6.54. The summed E-state index contributed by atoms with van der Waals surface area (Å²) >= 11 is 0. The van der Waals surface area contributed by atoms with E-state index in [0.717, 1.165) is 18.4 Å². The lowest BCUT2D eigenvalue weighted by molar-refractivity contribution is 0.0692. The number of carboxylic acid groups (broad SMARTS) is 1. The molecule has 0 bridgehead atoms. The molecule has 0 spiro atoms. The van der Waals surface area contributed by atoms with E-state index < -0.39 is 22.8 Å². The van der Waals surface area contributed by atoms with E-state index in [2.05, 4.69) is 18.8 Å². The highest BCUT2D eigenvalue weighted by molar-refractivity contribution is 5.88. The van der Waals surface area contributed by atoms with Gasteiger partial charge >= 0.3 is 5.97 Å². The second-order valence-electron chi connectivity index (χ2n) is 8.95. The summed E-state index contributed by atoms with van der Waals surface area (Å²) in [5, 5.41) is 9.46. The first-order chi connectivity index (χ1) is 15.2. The molecule has 1 fully saturated rings. The second kappa shape index (κ2) is 8.20. The van der Waals surface area contributed by atoms with Crippen molar-refractivity contribution in [2.24, 2.45) is 5.41 Å². The second-order valence-corrected chi connectivity index (χ2v) is 8.95. The van der Waals surface area contributed by atoms with Gasteiger partial charge in [0.15, 0.2) is 11.6 Å². The van der Waals surface area contributed by atoms with E-state index in [-0.39, 0.29) is 34.6 Å². The van der Waals surface area contributed by atoms with Crippen molar-refractivity contribution in [3.8, 4) is 23.0 Å². The maximum Gasteiger partial charge on any atom is 0.341 e. The smallest absolute Gasteiger partial charge is 0.341 e. The van der Waals surface area contributed by atoms with Crippen molar-refractivity contribution >= 4 is 5.97 Å². The zero-order valence-corrected chi connectivity index (χ0v) is 18.6. The number of hydrogen-bond acceptors (Lipinski definition) is 6. The van der Waals surface area contributed by atoms with Crippen LogP contribution in [-0.2, 0) is 4.74 Å². The van der Waals surface area contributed by atoms with Crippen LogP contribution in [-0.4, -0.2) is 48.1 Å². The predicted molar refractivity (Wildman–Crippen MR) is 114 cm³/mol. The van der Waals surface area contributed by atoms with Crippen molar-refractivity contribution in [3.63, 3.8) is 0 Å². The highest BCUT2D eigenvalue weighted by Gasteiger charge is 2.49. The van der Waals surface area contributed by atoms with Crippen LogP contribution >= 0.6 is 0 Å². The summed E-state index contributed by atoms with van der Waals surface area (Å²) in [5.74, 6) is -1.97. The van der Waals surface area contributed by atoms with Crippen LogP contribution in [0.4, 0.5) is 4.39 Å². The van der Waals surface area contributed by atoms with Gasteiger partial charge < -0.3 is 23.9 Å². The van der Waals surface area contributed by atoms with Crippen LogP contribution in [0.25, 0.3) is 11.4 Å². The maximum absolute atomic E-state index is 15.4. The van der Waals surface area contributed by atoms with Crippen LogP contribution in [0.2, 0.25) is 0 Å². The molecule has 0 aromatic carbocycles. The Balaban J connectivity index is 1.94. The Morgan fingerprint density at radius 2 is 2.09 bits per heavy atom. The molecule has 2 aliphatic rings. The molecule has 9 heteroatoms. The largest absolute Gasteiger partial charge is 0.488 e. The van der Waals surface area contributed by atoms with Crippen LogP contribution in [0.3, 0.4) is 0 Å². The van der Waals surface area contributed by atoms with Crippen LogP contribution in [0.1, 0.15) is 61.0 Å². The highest BCUT2D eigenvalue weighted by atomic mass is 19.1. The van der Waals surface area contributed by atoms with E-state index in [4.69, 9.17) is 14.2 Å². The first-order valence-corrected chi connectivity index (χ1v) is 10.6. The lowest BCUT2D eigenvalue weighted by atomic mass is 9.79. The zero-order chi connectivity index (χ0) is 23.2. The molecule has 1 aliphatic heterocycles. The quantitative estimate of drug-likeness (QED) is 0.648. The van der Waals surface area contributed by atoms with Crippen molar-refractivity contribution < 1.29 is 28.5 Å². The predicted octanol–water partition coefficient (Wildman–Crippen LogP) is 3.63. The molecule has 0 radical (unpaired) electrons. The van der Waals surface area contributed by atoms with Gasteiger partial charge in [-0.1, -0.05) is 13.8 Å². The summed E-state index contributed by atoms with van der Waals surface area (Å²) in [7, 11) is 3.06. The van der Waals surface area contributed by atoms with Gasteiger partial charge in [-0.15, -0.1) is 0 Å². The molecule has 3 heterocycles. The fourth-order valence-electron chi connectivity index (χ4n) is 5.07. The number of ether oxygens (including phenoxy) is 3. The molecule has 2 aromatic rings. The Hall–Kier alpha value is -2.94. The molecule has 2 atom stereocenters. The average molecular weight is 446 g/mol. The van der Waals surface area contributed by atoms with Crippen molar-refractivity contribution in [2.45, 2.75) is 45.1 Å². The van der Waals surface area contributed by atoms with Crippen LogP contribution in [0.15, 0.2) is 17.1 Å². The fourth-order valence-corrected chi connectivity index (χ4v) is 5.07. The van der Waals surface area contributed by atoms with Crippen molar-refractivity contribution in [2.75, 3.05) is 27.4 Å². The van der Waals surface area contributed by atoms with Crippen molar-refractivity contribution in [1.82, 2.24) is 9.55 Å². The number of pyridine rings is 2. The number of aromatic nitrogens is 2. The van der Waals surface area contributed by atoms with Gasteiger partial charge in [-0.3, -0.25) is 4.79 Å². The molecule has 1 aliphatic carbocycles. The Labute approximate surface area is 184 Å². The van der Waals surface area contributed by atoms with E-state index in [1.165, 1.54) is 13.3 Å². The van der Waals surface area contributed by atoms with E-state index in [0.29, 0.717) is 25.4 Å². The minimum Gasteiger partial charge on any atom is -0.488 e. The molecule has 172 valence electrons. The number of aromatic carboxylic acids is 1. The molecule has 2 aromatic heterocycles. The summed E-state index contributed by atoms with van der Waals surface area (Å²) in [4.78, 5) is 28.6. The van der Waals surface area contributed by atoms with E-state index in [1.807, 2.05) is 6.07 Å². The van der Waals surface area contributed by atoms with Gasteiger partial charge in [0.25, 0.3) is 5.88 Å². The van der Waals surface area contributed by atoms with Gasteiger partial charge in [-0.2, -0.15) is 0 Å².